The third-order valence-electron chi connectivity index (χ3n) is 8.83. The topological polar surface area (TPSA) is 279 Å². The van der Waals surface area contributed by atoms with E-state index in [1.54, 1.807) is 30.5 Å². The van der Waals surface area contributed by atoms with Gasteiger partial charge in [-0.1, -0.05) is 30.4 Å². The summed E-state index contributed by atoms with van der Waals surface area (Å²) in [5.41, 5.74) is 1.30. The molecule has 2 unspecified atom stereocenters. The van der Waals surface area contributed by atoms with E-state index in [1.807, 2.05) is 6.92 Å². The lowest BCUT2D eigenvalue weighted by atomic mass is 9.87. The Balaban J connectivity index is 2.16. The van der Waals surface area contributed by atoms with Crippen molar-refractivity contribution in [1.29, 1.82) is 0 Å². The van der Waals surface area contributed by atoms with Crippen LogP contribution in [0.3, 0.4) is 0 Å². The predicted octanol–water partition coefficient (Wildman–Crippen LogP) is 0.0589. The van der Waals surface area contributed by atoms with Crippen molar-refractivity contribution >= 4 is 47.3 Å². The number of carbonyl (C=O) groups excluding carboxylic acids is 4. The van der Waals surface area contributed by atoms with Gasteiger partial charge in [0, 0.05) is 37.4 Å². The Hall–Kier alpha value is -2.76. The van der Waals surface area contributed by atoms with Crippen molar-refractivity contribution in [2.75, 3.05) is 110 Å². The fraction of sp³-hybridized carbons (Fsp3) is 0.714. The molecule has 1 saturated carbocycles. The number of rotatable bonds is 32. The second kappa shape index (κ2) is 30.3. The maximum Gasteiger partial charge on any atom is 0.257 e. The van der Waals surface area contributed by atoms with Gasteiger partial charge >= 0.3 is 0 Å². The normalized spacial score (nSPS) is 17.1. The van der Waals surface area contributed by atoms with Gasteiger partial charge in [0.2, 0.25) is 23.6 Å². The van der Waals surface area contributed by atoms with Crippen LogP contribution in [0.4, 0.5) is 5.69 Å². The number of amides is 4. The summed E-state index contributed by atoms with van der Waals surface area (Å²) in [6, 6.07) is 6.08. The number of nitrogens with two attached hydrogens (primary N) is 3. The monoisotopic (exact) mass is 850 g/mol. The van der Waals surface area contributed by atoms with Crippen LogP contribution in [0.1, 0.15) is 38.2 Å². The summed E-state index contributed by atoms with van der Waals surface area (Å²) in [5, 5.41) is 11.3. The van der Waals surface area contributed by atoms with E-state index in [0.29, 0.717) is 43.1 Å². The molecule has 10 N–H and O–H groups in total. The quantitative estimate of drug-likeness (QED) is 0.0287. The van der Waals surface area contributed by atoms with E-state index in [9.17, 15) is 23.7 Å². The number of nitrogens with one attached hydrogen (secondary N) is 4. The Morgan fingerprint density at radius 2 is 1.25 bits per heavy atom. The number of benzene rings is 1. The molecule has 0 saturated heterocycles. The van der Waals surface area contributed by atoms with Crippen LogP contribution in [0.15, 0.2) is 24.3 Å². The van der Waals surface area contributed by atoms with E-state index in [1.165, 1.54) is 16.3 Å². The van der Waals surface area contributed by atoms with Crippen LogP contribution in [0.25, 0.3) is 0 Å². The zero-order valence-corrected chi connectivity index (χ0v) is 34.8. The van der Waals surface area contributed by atoms with E-state index in [4.69, 9.17) is 36.4 Å². The number of anilines is 1. The maximum absolute atomic E-state index is 13.8. The van der Waals surface area contributed by atoms with Gasteiger partial charge < -0.3 is 54.5 Å². The van der Waals surface area contributed by atoms with Gasteiger partial charge in [-0.05, 0) is 56.1 Å². The predicted molar refractivity (Wildman–Crippen MR) is 215 cm³/mol. The van der Waals surface area contributed by atoms with Crippen LogP contribution in [0, 0.1) is 5.92 Å². The number of ether oxygens (including phenoxy) is 3. The molecular formula is C35H63N8O12PS. The Labute approximate surface area is 339 Å². The molecule has 0 aliphatic heterocycles. The van der Waals surface area contributed by atoms with Crippen molar-refractivity contribution in [3.05, 3.63) is 29.8 Å². The van der Waals surface area contributed by atoms with Gasteiger partial charge in [0.1, 0.15) is 0 Å². The van der Waals surface area contributed by atoms with Gasteiger partial charge in [-0.15, -0.1) is 0 Å². The maximum atomic E-state index is 13.8. The molecule has 0 radical (unpaired) electrons. The minimum absolute atomic E-state index is 0.110. The highest BCUT2D eigenvalue weighted by atomic mass is 32.7. The minimum Gasteiger partial charge on any atom is -0.377 e. The first kappa shape index (κ1) is 50.4. The molecule has 0 heterocycles. The second-order valence-corrected chi connectivity index (χ2v) is 18.1. The molecule has 1 aromatic rings. The zero-order chi connectivity index (χ0) is 41.7. The van der Waals surface area contributed by atoms with Crippen LogP contribution in [0.5, 0.6) is 0 Å². The molecule has 22 heteroatoms. The van der Waals surface area contributed by atoms with E-state index in [2.05, 4.69) is 35.8 Å². The average Bonchev–Trinajstić information content (AvgIpc) is 3.21. The van der Waals surface area contributed by atoms with Crippen molar-refractivity contribution in [3.63, 3.8) is 0 Å². The van der Waals surface area contributed by atoms with Crippen LogP contribution in [-0.4, -0.2) is 145 Å². The first-order valence-corrected chi connectivity index (χ1v) is 22.7. The van der Waals surface area contributed by atoms with E-state index in [0.717, 1.165) is 0 Å². The van der Waals surface area contributed by atoms with E-state index < -0.39 is 30.3 Å². The van der Waals surface area contributed by atoms with Crippen molar-refractivity contribution in [2.24, 2.45) is 23.6 Å². The van der Waals surface area contributed by atoms with E-state index in [-0.39, 0.29) is 117 Å². The highest BCUT2D eigenvalue weighted by molar-refractivity contribution is 8.56. The molecule has 0 aromatic heterocycles. The highest BCUT2D eigenvalue weighted by Gasteiger charge is 2.32. The molecule has 1 fully saturated rings. The minimum atomic E-state index is -2.71. The summed E-state index contributed by atoms with van der Waals surface area (Å²) in [7, 11) is 0. The number of nitrogens with zero attached hydrogens (tertiary/aromatic N) is 1. The molecular weight excluding hydrogens is 787 g/mol. The Bertz CT molecular complexity index is 1310. The molecule has 1 aliphatic carbocycles. The standard InChI is InChI=1S/C35H63N8O12PS/c1-3-56(48,57-2)55-30-10-6-28(7-11-30)34(46)42-29-8-4-27(5-9-29)24-31(35(47)41-14-17-51-20-23-54-38)43(25-32(44)39-12-15-49-18-21-52-36)26-33(45)40-13-16-50-19-22-53-37/h4-5,8-9,28,30-31H,3,6-7,10-26,36-38H2,1-2H3,(H,39,44)(H,40,45)(H,41,47)(H,42,46). The van der Waals surface area contributed by atoms with Crippen LogP contribution >= 0.6 is 18.0 Å². The van der Waals surface area contributed by atoms with Gasteiger partial charge in [0.15, 0.2) is 0 Å². The van der Waals surface area contributed by atoms with Crippen molar-refractivity contribution in [2.45, 2.75) is 51.2 Å². The number of hydrogen-bond acceptors (Lipinski definition) is 17. The third-order valence-corrected chi connectivity index (χ3v) is 13.5. The number of carbonyl (C=O) groups is 4. The smallest absolute Gasteiger partial charge is 0.257 e. The van der Waals surface area contributed by atoms with Gasteiger partial charge in [-0.3, -0.25) is 28.6 Å². The Morgan fingerprint density at radius 1 is 0.754 bits per heavy atom. The summed E-state index contributed by atoms with van der Waals surface area (Å²) in [4.78, 5) is 68.2. The van der Waals surface area contributed by atoms with Crippen molar-refractivity contribution in [1.82, 2.24) is 20.9 Å². The fourth-order valence-corrected chi connectivity index (χ4v) is 8.31. The van der Waals surface area contributed by atoms with Crippen molar-refractivity contribution in [3.8, 4) is 0 Å². The summed E-state index contributed by atoms with van der Waals surface area (Å²) in [6.45, 7) is 0.918. The van der Waals surface area contributed by atoms with Crippen LogP contribution in [0.2, 0.25) is 0 Å². The molecule has 2 atom stereocenters. The van der Waals surface area contributed by atoms with Crippen LogP contribution < -0.4 is 39.0 Å². The lowest BCUT2D eigenvalue weighted by molar-refractivity contribution is -0.131. The molecule has 0 spiro atoms. The SMILES string of the molecule is CCP(=O)(OC1CCC(C(=O)Nc2ccc(CC(C(=O)NCCOCCON)N(CC(=O)NCCOCCON)CC(=O)NCCOCCON)cc2)CC1)SC. The summed E-state index contributed by atoms with van der Waals surface area (Å²) >= 11 is 1.26. The lowest BCUT2D eigenvalue weighted by Gasteiger charge is -2.30. The summed E-state index contributed by atoms with van der Waals surface area (Å²) < 4.78 is 34.8. The molecule has 57 heavy (non-hydrogen) atoms. The second-order valence-electron chi connectivity index (χ2n) is 12.9. The molecule has 1 aromatic carbocycles. The molecule has 326 valence electrons. The van der Waals surface area contributed by atoms with Gasteiger partial charge in [-0.25, -0.2) is 17.7 Å². The summed E-state index contributed by atoms with van der Waals surface area (Å²) in [6.07, 6.45) is 4.81. The molecule has 0 bridgehead atoms. The highest BCUT2D eigenvalue weighted by Crippen LogP contribution is 2.59. The lowest BCUT2D eigenvalue weighted by Crippen LogP contribution is -2.54. The van der Waals surface area contributed by atoms with Gasteiger partial charge in [0.25, 0.3) is 6.57 Å². The fourth-order valence-electron chi connectivity index (χ4n) is 5.76. The first-order chi connectivity index (χ1) is 27.6. The van der Waals surface area contributed by atoms with Crippen molar-refractivity contribution < 1.29 is 57.0 Å². The van der Waals surface area contributed by atoms with Crippen LogP contribution in [-0.2, 0) is 63.4 Å². The Morgan fingerprint density at radius 3 is 1.70 bits per heavy atom. The molecule has 20 nitrogen and oxygen atoms in total. The summed E-state index contributed by atoms with van der Waals surface area (Å²) in [5.74, 6) is 13.4. The third kappa shape index (κ3) is 21.7. The van der Waals surface area contributed by atoms with E-state index >= 15 is 0 Å². The first-order valence-electron chi connectivity index (χ1n) is 19.0. The van der Waals surface area contributed by atoms with Gasteiger partial charge in [-0.2, -0.15) is 0 Å². The Kier molecular flexibility index (Phi) is 26.8. The molecule has 2 rings (SSSR count). The molecule has 1 aliphatic rings. The largest absolute Gasteiger partial charge is 0.377 e. The average molecular weight is 851 g/mol. The van der Waals surface area contributed by atoms with Gasteiger partial charge in [0.05, 0.1) is 84.7 Å². The zero-order valence-electron chi connectivity index (χ0n) is 33.1. The molecule has 4 amide bonds. The number of hydrogen-bond donors (Lipinski definition) is 7.